The van der Waals surface area contributed by atoms with Crippen LogP contribution < -0.4 is 0 Å². The maximum atomic E-state index is 9.48. The molecule has 9 heavy (non-hydrogen) atoms. The third-order valence-corrected chi connectivity index (χ3v) is 3.25. The van der Waals surface area contributed by atoms with Gasteiger partial charge in [0.05, 0.1) is 6.10 Å². The Kier molecular flexibility index (Phi) is 0.963. The number of aliphatic hydroxyl groups excluding tert-OH is 1. The predicted octanol–water partition coefficient (Wildman–Crippen LogP) is 1.56. The van der Waals surface area contributed by atoms with Gasteiger partial charge in [-0.1, -0.05) is 13.3 Å². The van der Waals surface area contributed by atoms with Gasteiger partial charge in [0.15, 0.2) is 0 Å². The number of fused-ring (bicyclic) bond motifs is 1. The van der Waals surface area contributed by atoms with E-state index in [0.717, 1.165) is 12.3 Å². The van der Waals surface area contributed by atoms with E-state index in [2.05, 4.69) is 6.92 Å². The minimum atomic E-state index is 0.0243. The lowest BCUT2D eigenvalue weighted by Crippen LogP contribution is -2.24. The molecule has 0 amide bonds. The summed E-state index contributed by atoms with van der Waals surface area (Å²) in [6.45, 7) is 2.22. The molecule has 0 aromatic rings. The van der Waals surface area contributed by atoms with Crippen molar-refractivity contribution in [3.05, 3.63) is 0 Å². The highest BCUT2D eigenvalue weighted by atomic mass is 16.3. The summed E-state index contributed by atoms with van der Waals surface area (Å²) in [5, 5.41) is 9.48. The van der Waals surface area contributed by atoms with Crippen LogP contribution in [0, 0.1) is 11.3 Å². The Labute approximate surface area is 56.1 Å². The highest BCUT2D eigenvalue weighted by Crippen LogP contribution is 2.60. The third-order valence-electron chi connectivity index (χ3n) is 3.25. The maximum Gasteiger partial charge on any atom is 0.0596 e. The number of hydrogen-bond acceptors (Lipinski definition) is 1. The van der Waals surface area contributed by atoms with Crippen LogP contribution in [-0.4, -0.2) is 11.2 Å². The molecule has 0 heterocycles. The van der Waals surface area contributed by atoms with E-state index >= 15 is 0 Å². The largest absolute Gasteiger partial charge is 0.393 e. The molecule has 3 unspecified atom stereocenters. The second-order valence-electron chi connectivity index (χ2n) is 3.85. The maximum absolute atomic E-state index is 9.48. The molecule has 0 saturated heterocycles. The molecule has 0 aliphatic heterocycles. The molecule has 2 aliphatic carbocycles. The highest BCUT2D eigenvalue weighted by Gasteiger charge is 2.55. The van der Waals surface area contributed by atoms with Crippen molar-refractivity contribution in [2.75, 3.05) is 0 Å². The summed E-state index contributed by atoms with van der Waals surface area (Å²) in [5.74, 6) is 0.876. The molecule has 2 fully saturated rings. The summed E-state index contributed by atoms with van der Waals surface area (Å²) in [7, 11) is 0. The van der Waals surface area contributed by atoms with E-state index in [0.29, 0.717) is 5.41 Å². The standard InChI is InChI=1S/C8H14O/c1-8-5-6(8)3-2-4-7(8)9/h6-7,9H,2-5H2,1H3. The summed E-state index contributed by atoms with van der Waals surface area (Å²) in [5.41, 5.74) is 0.359. The fourth-order valence-electron chi connectivity index (χ4n) is 2.20. The molecule has 1 nitrogen and oxygen atoms in total. The van der Waals surface area contributed by atoms with Gasteiger partial charge in [-0.05, 0) is 30.6 Å². The Bertz CT molecular complexity index is 133. The summed E-state index contributed by atoms with van der Waals surface area (Å²) < 4.78 is 0. The van der Waals surface area contributed by atoms with E-state index in [1.807, 2.05) is 0 Å². The van der Waals surface area contributed by atoms with E-state index < -0.39 is 0 Å². The zero-order valence-corrected chi connectivity index (χ0v) is 5.93. The lowest BCUT2D eigenvalue weighted by molar-refractivity contribution is 0.0647. The van der Waals surface area contributed by atoms with Crippen molar-refractivity contribution in [3.63, 3.8) is 0 Å². The van der Waals surface area contributed by atoms with Gasteiger partial charge in [-0.25, -0.2) is 0 Å². The summed E-state index contributed by atoms with van der Waals surface area (Å²) in [6.07, 6.45) is 4.98. The molecule has 2 aliphatic rings. The molecule has 0 aromatic carbocycles. The summed E-state index contributed by atoms with van der Waals surface area (Å²) >= 11 is 0. The number of aliphatic hydroxyl groups is 1. The Morgan fingerprint density at radius 3 is 2.78 bits per heavy atom. The summed E-state index contributed by atoms with van der Waals surface area (Å²) in [4.78, 5) is 0. The molecule has 0 radical (unpaired) electrons. The van der Waals surface area contributed by atoms with Gasteiger partial charge in [0.2, 0.25) is 0 Å². The van der Waals surface area contributed by atoms with E-state index in [4.69, 9.17) is 0 Å². The van der Waals surface area contributed by atoms with Crippen LogP contribution >= 0.6 is 0 Å². The predicted molar refractivity (Wildman–Crippen MR) is 36.1 cm³/mol. The molecule has 0 bridgehead atoms. The molecule has 52 valence electrons. The summed E-state index contributed by atoms with van der Waals surface area (Å²) in [6, 6.07) is 0. The Balaban J connectivity index is 2.10. The van der Waals surface area contributed by atoms with Crippen LogP contribution in [-0.2, 0) is 0 Å². The van der Waals surface area contributed by atoms with Gasteiger partial charge in [0.25, 0.3) is 0 Å². The van der Waals surface area contributed by atoms with Crippen LogP contribution in [0.15, 0.2) is 0 Å². The lowest BCUT2D eigenvalue weighted by Gasteiger charge is -2.23. The Morgan fingerprint density at radius 1 is 1.44 bits per heavy atom. The average Bonchev–Trinajstić information content (AvgIpc) is 2.44. The van der Waals surface area contributed by atoms with Gasteiger partial charge in [0, 0.05) is 0 Å². The van der Waals surface area contributed by atoms with Crippen LogP contribution in [0.5, 0.6) is 0 Å². The minimum absolute atomic E-state index is 0.0243. The molecule has 1 N–H and O–H groups in total. The monoisotopic (exact) mass is 126 g/mol. The first-order valence-electron chi connectivity index (χ1n) is 3.91. The Hall–Kier alpha value is -0.0400. The smallest absolute Gasteiger partial charge is 0.0596 e. The van der Waals surface area contributed by atoms with Gasteiger partial charge >= 0.3 is 0 Å². The van der Waals surface area contributed by atoms with Gasteiger partial charge in [0.1, 0.15) is 0 Å². The third kappa shape index (κ3) is 0.644. The zero-order chi connectivity index (χ0) is 6.48. The van der Waals surface area contributed by atoms with Crippen LogP contribution in [0.25, 0.3) is 0 Å². The van der Waals surface area contributed by atoms with Crippen LogP contribution in [0.2, 0.25) is 0 Å². The van der Waals surface area contributed by atoms with Crippen LogP contribution in [0.3, 0.4) is 0 Å². The first-order chi connectivity index (χ1) is 4.23. The topological polar surface area (TPSA) is 20.2 Å². The molecular formula is C8H14O. The van der Waals surface area contributed by atoms with Crippen molar-refractivity contribution in [2.24, 2.45) is 11.3 Å². The molecule has 0 aromatic heterocycles. The van der Waals surface area contributed by atoms with Crippen molar-refractivity contribution in [1.29, 1.82) is 0 Å². The number of rotatable bonds is 0. The van der Waals surface area contributed by atoms with Gasteiger partial charge in [-0.2, -0.15) is 0 Å². The zero-order valence-electron chi connectivity index (χ0n) is 5.93. The first kappa shape index (κ1) is 5.72. The quantitative estimate of drug-likeness (QED) is 0.522. The van der Waals surface area contributed by atoms with Crippen molar-refractivity contribution in [2.45, 2.75) is 38.7 Å². The molecule has 2 saturated carbocycles. The second-order valence-corrected chi connectivity index (χ2v) is 3.85. The second kappa shape index (κ2) is 1.51. The van der Waals surface area contributed by atoms with E-state index in [1.165, 1.54) is 19.3 Å². The first-order valence-corrected chi connectivity index (χ1v) is 3.91. The normalized spacial score (nSPS) is 56.7. The van der Waals surface area contributed by atoms with Crippen molar-refractivity contribution < 1.29 is 5.11 Å². The van der Waals surface area contributed by atoms with Crippen molar-refractivity contribution in [3.8, 4) is 0 Å². The van der Waals surface area contributed by atoms with E-state index in [-0.39, 0.29) is 6.10 Å². The van der Waals surface area contributed by atoms with Crippen LogP contribution in [0.1, 0.15) is 32.6 Å². The van der Waals surface area contributed by atoms with Gasteiger partial charge in [-0.3, -0.25) is 0 Å². The average molecular weight is 126 g/mol. The Morgan fingerprint density at radius 2 is 2.22 bits per heavy atom. The fraction of sp³-hybridized carbons (Fsp3) is 1.00. The highest BCUT2D eigenvalue weighted by molar-refractivity contribution is 5.05. The SMILES string of the molecule is CC12CC1CCCC2O. The fourth-order valence-corrected chi connectivity index (χ4v) is 2.20. The molecule has 2 rings (SSSR count). The molecule has 3 atom stereocenters. The number of hydrogen-bond donors (Lipinski definition) is 1. The minimum Gasteiger partial charge on any atom is -0.393 e. The van der Waals surface area contributed by atoms with E-state index in [1.54, 1.807) is 0 Å². The molecule has 0 spiro atoms. The van der Waals surface area contributed by atoms with E-state index in [9.17, 15) is 5.11 Å². The lowest BCUT2D eigenvalue weighted by atomic mass is 9.87. The van der Waals surface area contributed by atoms with Crippen molar-refractivity contribution in [1.82, 2.24) is 0 Å². The molecular weight excluding hydrogens is 112 g/mol. The molecule has 1 heteroatoms. The van der Waals surface area contributed by atoms with Crippen molar-refractivity contribution >= 4 is 0 Å². The van der Waals surface area contributed by atoms with Gasteiger partial charge < -0.3 is 5.11 Å². The van der Waals surface area contributed by atoms with Gasteiger partial charge in [-0.15, -0.1) is 0 Å². The van der Waals surface area contributed by atoms with Crippen LogP contribution in [0.4, 0.5) is 0 Å².